The summed E-state index contributed by atoms with van der Waals surface area (Å²) >= 11 is 0. The molecule has 8 heavy (non-hydrogen) atoms. The number of nitrogens with one attached hydrogen (secondary N) is 1. The summed E-state index contributed by atoms with van der Waals surface area (Å²) in [5, 5.41) is 8.56. The van der Waals surface area contributed by atoms with Gasteiger partial charge in [-0.2, -0.15) is 4.99 Å². The van der Waals surface area contributed by atoms with Crippen molar-refractivity contribution in [1.82, 2.24) is 0 Å². The highest BCUT2D eigenvalue weighted by Gasteiger charge is 1.87. The Morgan fingerprint density at radius 3 is 2.12 bits per heavy atom. The lowest BCUT2D eigenvalue weighted by atomic mass is 11.0. The first kappa shape index (κ1) is 6.54. The van der Waals surface area contributed by atoms with E-state index < -0.39 is 5.96 Å². The Hall–Kier alpha value is -1.46. The van der Waals surface area contributed by atoms with E-state index in [1.165, 1.54) is 0 Å². The van der Waals surface area contributed by atoms with E-state index in [1.54, 1.807) is 0 Å². The fourth-order valence-corrected chi connectivity index (χ4v) is 0.143. The summed E-state index contributed by atoms with van der Waals surface area (Å²) in [6, 6.07) is 0. The summed E-state index contributed by atoms with van der Waals surface area (Å²) < 4.78 is 0. The largest absolute Gasteiger partial charge is 0.370 e. The predicted molar refractivity (Wildman–Crippen MR) is 29.3 cm³/mol. The van der Waals surface area contributed by atoms with Crippen molar-refractivity contribution in [1.29, 1.82) is 5.41 Å². The highest BCUT2D eigenvalue weighted by atomic mass is 16.3. The Labute approximate surface area is 45.1 Å². The van der Waals surface area contributed by atoms with Gasteiger partial charge in [-0.05, 0) is 0 Å². The van der Waals surface area contributed by atoms with E-state index >= 15 is 0 Å². The molecule has 44 valence electrons. The molecule has 0 rings (SSSR count). The van der Waals surface area contributed by atoms with Crippen LogP contribution >= 0.6 is 0 Å². The minimum atomic E-state index is -0.718. The summed E-state index contributed by atoms with van der Waals surface area (Å²) in [6.45, 7) is 0. The number of hydrogen-bond donors (Lipinski definition) is 3. The summed E-state index contributed by atoms with van der Waals surface area (Å²) in [6.07, 6.45) is 0. The normalized spacial score (nSPS) is 7.50. The van der Waals surface area contributed by atoms with E-state index in [9.17, 15) is 4.91 Å². The minimum Gasteiger partial charge on any atom is -0.370 e. The van der Waals surface area contributed by atoms with Crippen molar-refractivity contribution in [2.24, 2.45) is 21.6 Å². The van der Waals surface area contributed by atoms with Crippen LogP contribution in [0.4, 0.5) is 0 Å². The molecule has 0 aliphatic carbocycles. The Bertz CT molecular complexity index is 133. The van der Waals surface area contributed by atoms with Crippen molar-refractivity contribution in [3.05, 3.63) is 4.91 Å². The zero-order valence-electron chi connectivity index (χ0n) is 3.96. The average molecular weight is 115 g/mol. The van der Waals surface area contributed by atoms with Gasteiger partial charge in [0.25, 0.3) is 5.96 Å². The van der Waals surface area contributed by atoms with Crippen molar-refractivity contribution in [3.8, 4) is 0 Å². The van der Waals surface area contributed by atoms with Gasteiger partial charge in [0.05, 0.1) is 0 Å². The molecule has 6 heteroatoms. The molecule has 0 aromatic heterocycles. The third kappa shape index (κ3) is 2.76. The summed E-state index contributed by atoms with van der Waals surface area (Å²) in [4.78, 5) is 12.3. The van der Waals surface area contributed by atoms with Gasteiger partial charge in [-0.1, -0.05) is 0 Å². The maximum atomic E-state index is 9.35. The van der Waals surface area contributed by atoms with Crippen LogP contribution in [0.1, 0.15) is 0 Å². The molecule has 0 aromatic rings. The lowest BCUT2D eigenvalue weighted by molar-refractivity contribution is 1.34. The van der Waals surface area contributed by atoms with E-state index in [-0.39, 0.29) is 5.96 Å². The van der Waals surface area contributed by atoms with Crippen LogP contribution in [0.15, 0.2) is 10.2 Å². The van der Waals surface area contributed by atoms with Crippen molar-refractivity contribution < 1.29 is 0 Å². The lowest BCUT2D eigenvalue weighted by Gasteiger charge is -1.82. The smallest absolute Gasteiger partial charge is 0.286 e. The van der Waals surface area contributed by atoms with E-state index in [1.807, 2.05) is 0 Å². The number of nitroso groups, excluding NO2 is 1. The second kappa shape index (κ2) is 2.67. The van der Waals surface area contributed by atoms with E-state index in [0.717, 1.165) is 0 Å². The molecule has 0 spiro atoms. The van der Waals surface area contributed by atoms with Gasteiger partial charge in [0, 0.05) is 5.18 Å². The zero-order valence-corrected chi connectivity index (χ0v) is 3.96. The van der Waals surface area contributed by atoms with Crippen LogP contribution in [-0.2, 0) is 0 Å². The summed E-state index contributed by atoms with van der Waals surface area (Å²) in [5.74, 6) is -1.06. The standard InChI is InChI=1S/C2H5N5O/c3-1(4)6-2(5)7-8/h(H5,3,4,5,6). The maximum Gasteiger partial charge on any atom is 0.286 e. The molecule has 0 aliphatic heterocycles. The third-order valence-corrected chi connectivity index (χ3v) is 0.321. The second-order valence-corrected chi connectivity index (χ2v) is 0.952. The van der Waals surface area contributed by atoms with Crippen molar-refractivity contribution in [2.75, 3.05) is 0 Å². The number of nitrogens with zero attached hydrogens (tertiary/aromatic N) is 2. The second-order valence-electron chi connectivity index (χ2n) is 0.952. The number of guanidine groups is 2. The third-order valence-electron chi connectivity index (χ3n) is 0.321. The van der Waals surface area contributed by atoms with Crippen molar-refractivity contribution in [3.63, 3.8) is 0 Å². The fourth-order valence-electron chi connectivity index (χ4n) is 0.143. The monoisotopic (exact) mass is 115 g/mol. The Morgan fingerprint density at radius 1 is 1.50 bits per heavy atom. The van der Waals surface area contributed by atoms with E-state index in [0.29, 0.717) is 0 Å². The van der Waals surface area contributed by atoms with Gasteiger partial charge >= 0.3 is 0 Å². The Morgan fingerprint density at radius 2 is 2.00 bits per heavy atom. The molecule has 0 saturated heterocycles. The quantitative estimate of drug-likeness (QED) is 0.212. The Balaban J connectivity index is 3.89. The van der Waals surface area contributed by atoms with Crippen LogP contribution in [0.2, 0.25) is 0 Å². The van der Waals surface area contributed by atoms with E-state index in [4.69, 9.17) is 16.9 Å². The molecule has 0 unspecified atom stereocenters. The predicted octanol–water partition coefficient (Wildman–Crippen LogP) is -1.04. The van der Waals surface area contributed by atoms with Crippen LogP contribution in [0.5, 0.6) is 0 Å². The van der Waals surface area contributed by atoms with Gasteiger partial charge in [-0.15, -0.1) is 4.91 Å². The molecule has 0 atom stereocenters. The minimum absolute atomic E-state index is 0.338. The van der Waals surface area contributed by atoms with E-state index in [2.05, 4.69) is 10.2 Å². The average Bonchev–Trinajstić information content (AvgIpc) is 1.65. The fraction of sp³-hybridized carbons (Fsp3) is 0. The molecule has 0 bridgehead atoms. The highest BCUT2D eigenvalue weighted by molar-refractivity contribution is 5.91. The number of nitrogens with two attached hydrogens (primary N) is 2. The van der Waals surface area contributed by atoms with Crippen LogP contribution < -0.4 is 11.5 Å². The molecular weight excluding hydrogens is 110 g/mol. The summed E-state index contributed by atoms with van der Waals surface area (Å²) in [5.41, 5.74) is 9.51. The molecule has 0 amide bonds. The molecule has 0 fully saturated rings. The topological polar surface area (TPSA) is 118 Å². The molecule has 0 radical (unpaired) electrons. The number of aliphatic imine (C=N–C) groups is 1. The van der Waals surface area contributed by atoms with Crippen LogP contribution in [0, 0.1) is 10.3 Å². The SMILES string of the molecule is N=C(N=O)N=C(N)N. The first-order chi connectivity index (χ1) is 3.66. The molecule has 0 aliphatic rings. The number of rotatable bonds is 0. The van der Waals surface area contributed by atoms with Crippen LogP contribution in [0.3, 0.4) is 0 Å². The molecule has 6 nitrogen and oxygen atoms in total. The first-order valence-corrected chi connectivity index (χ1v) is 1.68. The van der Waals surface area contributed by atoms with Gasteiger partial charge < -0.3 is 11.5 Å². The molecule has 0 heterocycles. The van der Waals surface area contributed by atoms with Gasteiger partial charge in [-0.3, -0.25) is 5.41 Å². The van der Waals surface area contributed by atoms with Crippen LogP contribution in [-0.4, -0.2) is 11.9 Å². The van der Waals surface area contributed by atoms with Gasteiger partial charge in [0.2, 0.25) is 0 Å². The lowest BCUT2D eigenvalue weighted by Crippen LogP contribution is -2.23. The van der Waals surface area contributed by atoms with Gasteiger partial charge in [0.15, 0.2) is 5.96 Å². The molecule has 0 aromatic carbocycles. The van der Waals surface area contributed by atoms with Gasteiger partial charge in [0.1, 0.15) is 0 Å². The Kier molecular flexibility index (Phi) is 2.18. The van der Waals surface area contributed by atoms with Crippen LogP contribution in [0.25, 0.3) is 0 Å². The van der Waals surface area contributed by atoms with Crippen molar-refractivity contribution >= 4 is 11.9 Å². The molecular formula is C2H5N5O. The van der Waals surface area contributed by atoms with Gasteiger partial charge in [-0.25, -0.2) is 0 Å². The zero-order chi connectivity index (χ0) is 6.57. The number of hydrogen-bond acceptors (Lipinski definition) is 2. The summed E-state index contributed by atoms with van der Waals surface area (Å²) in [7, 11) is 0. The maximum absolute atomic E-state index is 9.35. The molecule has 0 saturated carbocycles. The molecule has 5 N–H and O–H groups in total. The van der Waals surface area contributed by atoms with Crippen molar-refractivity contribution in [2.45, 2.75) is 0 Å². The first-order valence-electron chi connectivity index (χ1n) is 1.68. The highest BCUT2D eigenvalue weighted by Crippen LogP contribution is 1.72.